The molecule has 0 N–H and O–H groups in total. The third kappa shape index (κ3) is 4.55. The summed E-state index contributed by atoms with van der Waals surface area (Å²) in [4.78, 5) is 45.4. The molecule has 222 valence electrons. The van der Waals surface area contributed by atoms with E-state index >= 15 is 0 Å². The summed E-state index contributed by atoms with van der Waals surface area (Å²) in [6.07, 6.45) is 6.56. The summed E-state index contributed by atoms with van der Waals surface area (Å²) in [5, 5.41) is 1.53. The maximum atomic E-state index is 14.7. The van der Waals surface area contributed by atoms with Gasteiger partial charge in [-0.05, 0) is 116 Å². The van der Waals surface area contributed by atoms with Gasteiger partial charge in [0, 0.05) is 39.8 Å². The fourth-order valence-electron chi connectivity index (χ4n) is 8.84. The second-order valence-corrected chi connectivity index (χ2v) is 14.0. The molecule has 4 aromatic rings. The van der Waals surface area contributed by atoms with Crippen molar-refractivity contribution < 1.29 is 19.1 Å². The zero-order chi connectivity index (χ0) is 30.0. The fraction of sp³-hybridized carbons (Fsp3) is 0.324. The Balaban J connectivity index is 1.10. The van der Waals surface area contributed by atoms with Crippen LogP contribution in [0.1, 0.15) is 59.2 Å². The van der Waals surface area contributed by atoms with Gasteiger partial charge in [0.05, 0.1) is 5.41 Å². The summed E-state index contributed by atoms with van der Waals surface area (Å²) in [6, 6.07) is 26.4. The number of hydrogen-bond acceptors (Lipinski definition) is 4. The molecule has 1 aliphatic heterocycles. The maximum absolute atomic E-state index is 14.7. The Hall–Kier alpha value is -3.97. The van der Waals surface area contributed by atoms with Crippen LogP contribution in [0.15, 0.2) is 89.4 Å². The first-order chi connectivity index (χ1) is 21.4. The van der Waals surface area contributed by atoms with Crippen molar-refractivity contribution in [1.29, 1.82) is 0 Å². The molecule has 4 saturated carbocycles. The van der Waals surface area contributed by atoms with E-state index < -0.39 is 0 Å². The summed E-state index contributed by atoms with van der Waals surface area (Å²) < 4.78 is 6.87. The maximum Gasteiger partial charge on any atom is 0.261 e. The minimum absolute atomic E-state index is 0.115. The molecule has 4 bridgehead atoms. The van der Waals surface area contributed by atoms with Crippen LogP contribution in [0.2, 0.25) is 0 Å². The molecule has 3 amide bonds. The number of halogens is 1. The van der Waals surface area contributed by atoms with Crippen molar-refractivity contribution >= 4 is 50.1 Å². The van der Waals surface area contributed by atoms with Gasteiger partial charge in [0.2, 0.25) is 5.91 Å². The van der Waals surface area contributed by atoms with Gasteiger partial charge in [0.15, 0.2) is 0 Å². The standard InChI is InChI=1S/C37H33BrN2O4/c38-32-14-13-31-33-29(32)7-4-8-30(33)34(41)40(35(31)42)16-15-39(26-9-11-28(12-10-26)44-27-5-2-1-3-6-27)36(43)37-20-23-17-24(21-37)19-25(18-23)22-37/h1-14,23-25H,15-22H2. The second kappa shape index (κ2) is 10.6. The highest BCUT2D eigenvalue weighted by molar-refractivity contribution is 9.10. The monoisotopic (exact) mass is 648 g/mol. The van der Waals surface area contributed by atoms with Crippen molar-refractivity contribution in [3.8, 4) is 11.5 Å². The third-order valence-corrected chi connectivity index (χ3v) is 11.0. The lowest BCUT2D eigenvalue weighted by atomic mass is 9.49. The van der Waals surface area contributed by atoms with Gasteiger partial charge in [-0.3, -0.25) is 19.3 Å². The van der Waals surface area contributed by atoms with Crippen LogP contribution in [0.25, 0.3) is 10.8 Å². The molecule has 0 unspecified atom stereocenters. The SMILES string of the molecule is O=C1c2cccc3c(Br)ccc(c23)C(=O)N1CCN(C(=O)C12CC3CC(CC(C3)C1)C2)c1ccc(Oc2ccccc2)cc1. The number of carbonyl (C=O) groups excluding carboxylic acids is 3. The lowest BCUT2D eigenvalue weighted by Gasteiger charge is -2.56. The van der Waals surface area contributed by atoms with E-state index in [0.717, 1.165) is 40.6 Å². The molecule has 0 spiro atoms. The number of benzene rings is 4. The van der Waals surface area contributed by atoms with Gasteiger partial charge in [-0.2, -0.15) is 0 Å². The number of anilines is 1. The molecule has 0 radical (unpaired) electrons. The molecule has 4 aliphatic carbocycles. The molecule has 6 nitrogen and oxygen atoms in total. The average molecular weight is 650 g/mol. The predicted octanol–water partition coefficient (Wildman–Crippen LogP) is 8.24. The summed E-state index contributed by atoms with van der Waals surface area (Å²) in [6.45, 7) is 0.350. The van der Waals surface area contributed by atoms with Crippen molar-refractivity contribution in [2.45, 2.75) is 38.5 Å². The summed E-state index contributed by atoms with van der Waals surface area (Å²) in [5.74, 6) is 2.78. The normalized spacial score (nSPS) is 25.0. The first-order valence-corrected chi connectivity index (χ1v) is 16.4. The summed E-state index contributed by atoms with van der Waals surface area (Å²) >= 11 is 3.56. The molecule has 0 atom stereocenters. The Labute approximate surface area is 265 Å². The molecular weight excluding hydrogens is 616 g/mol. The van der Waals surface area contributed by atoms with Crippen LogP contribution in [0.5, 0.6) is 11.5 Å². The number of rotatable bonds is 7. The van der Waals surface area contributed by atoms with E-state index in [-0.39, 0.29) is 36.2 Å². The number of amides is 3. The average Bonchev–Trinajstić information content (AvgIpc) is 3.02. The van der Waals surface area contributed by atoms with Crippen molar-refractivity contribution in [3.05, 3.63) is 101 Å². The molecular formula is C37H33BrN2O4. The Morgan fingerprint density at radius 2 is 1.39 bits per heavy atom. The number of carbonyl (C=O) groups is 3. The van der Waals surface area contributed by atoms with Crippen molar-refractivity contribution in [2.75, 3.05) is 18.0 Å². The van der Waals surface area contributed by atoms with Gasteiger partial charge in [-0.15, -0.1) is 0 Å². The smallest absolute Gasteiger partial charge is 0.261 e. The van der Waals surface area contributed by atoms with E-state index in [0.29, 0.717) is 40.0 Å². The first kappa shape index (κ1) is 27.6. The van der Waals surface area contributed by atoms with Gasteiger partial charge in [0.25, 0.3) is 11.8 Å². The lowest BCUT2D eigenvalue weighted by Crippen LogP contribution is -2.56. The molecule has 4 aromatic carbocycles. The molecule has 0 aromatic heterocycles. The van der Waals surface area contributed by atoms with E-state index in [1.165, 1.54) is 24.2 Å². The van der Waals surface area contributed by atoms with Gasteiger partial charge >= 0.3 is 0 Å². The number of imide groups is 1. The molecule has 5 aliphatic rings. The highest BCUT2D eigenvalue weighted by Crippen LogP contribution is 2.60. The molecule has 4 fully saturated rings. The zero-order valence-corrected chi connectivity index (χ0v) is 26.0. The minimum Gasteiger partial charge on any atom is -0.457 e. The Morgan fingerprint density at radius 3 is 2.05 bits per heavy atom. The highest BCUT2D eigenvalue weighted by atomic mass is 79.9. The molecule has 44 heavy (non-hydrogen) atoms. The van der Waals surface area contributed by atoms with Crippen molar-refractivity contribution in [1.82, 2.24) is 4.90 Å². The van der Waals surface area contributed by atoms with Crippen molar-refractivity contribution in [2.24, 2.45) is 23.2 Å². The van der Waals surface area contributed by atoms with Crippen LogP contribution in [0, 0.1) is 23.2 Å². The van der Waals surface area contributed by atoms with E-state index in [4.69, 9.17) is 4.74 Å². The van der Waals surface area contributed by atoms with E-state index in [1.54, 1.807) is 12.1 Å². The predicted molar refractivity (Wildman–Crippen MR) is 173 cm³/mol. The van der Waals surface area contributed by atoms with Crippen LogP contribution < -0.4 is 9.64 Å². The van der Waals surface area contributed by atoms with Crippen LogP contribution >= 0.6 is 15.9 Å². The number of hydrogen-bond donors (Lipinski definition) is 0. The van der Waals surface area contributed by atoms with Crippen LogP contribution in [-0.4, -0.2) is 35.7 Å². The van der Waals surface area contributed by atoms with Gasteiger partial charge in [-0.25, -0.2) is 0 Å². The molecule has 1 heterocycles. The first-order valence-electron chi connectivity index (χ1n) is 15.6. The fourth-order valence-corrected chi connectivity index (χ4v) is 9.30. The van der Waals surface area contributed by atoms with Crippen LogP contribution in [0.3, 0.4) is 0 Å². The third-order valence-electron chi connectivity index (χ3n) is 10.4. The number of para-hydroxylation sites is 1. The van der Waals surface area contributed by atoms with Gasteiger partial charge < -0.3 is 9.64 Å². The van der Waals surface area contributed by atoms with Gasteiger partial charge in [-0.1, -0.05) is 46.3 Å². The van der Waals surface area contributed by atoms with Crippen LogP contribution in [0.4, 0.5) is 5.69 Å². The largest absolute Gasteiger partial charge is 0.457 e. The number of ether oxygens (including phenoxy) is 1. The quantitative estimate of drug-likeness (QED) is 0.189. The van der Waals surface area contributed by atoms with Crippen molar-refractivity contribution in [3.63, 3.8) is 0 Å². The molecule has 9 rings (SSSR count). The Bertz CT molecular complexity index is 1740. The second-order valence-electron chi connectivity index (χ2n) is 13.1. The van der Waals surface area contributed by atoms with Crippen LogP contribution in [-0.2, 0) is 4.79 Å². The zero-order valence-electron chi connectivity index (χ0n) is 24.4. The molecule has 7 heteroatoms. The summed E-state index contributed by atoms with van der Waals surface area (Å²) in [7, 11) is 0. The summed E-state index contributed by atoms with van der Waals surface area (Å²) in [5.41, 5.74) is 1.42. The minimum atomic E-state index is -0.367. The molecule has 0 saturated heterocycles. The lowest BCUT2D eigenvalue weighted by molar-refractivity contribution is -0.143. The van der Waals surface area contributed by atoms with E-state index in [9.17, 15) is 14.4 Å². The Kier molecular flexibility index (Phi) is 6.63. The van der Waals surface area contributed by atoms with Gasteiger partial charge in [0.1, 0.15) is 11.5 Å². The van der Waals surface area contributed by atoms with E-state index in [2.05, 4.69) is 15.9 Å². The topological polar surface area (TPSA) is 66.9 Å². The Morgan fingerprint density at radius 1 is 0.773 bits per heavy atom. The number of nitrogens with zero attached hydrogens (tertiary/aromatic N) is 2. The highest BCUT2D eigenvalue weighted by Gasteiger charge is 2.55. The van der Waals surface area contributed by atoms with E-state index in [1.807, 2.05) is 77.7 Å².